The highest BCUT2D eigenvalue weighted by Gasteiger charge is 2.17. The normalized spacial score (nSPS) is 10.8. The van der Waals surface area contributed by atoms with Crippen molar-refractivity contribution in [3.8, 4) is 11.5 Å². The Morgan fingerprint density at radius 1 is 1.00 bits per heavy atom. The average molecular weight is 431 g/mol. The highest BCUT2D eigenvalue weighted by atomic mass is 16.5. The van der Waals surface area contributed by atoms with Crippen molar-refractivity contribution in [2.45, 2.75) is 19.5 Å². The van der Waals surface area contributed by atoms with E-state index in [1.165, 1.54) is 0 Å². The SMILES string of the molecule is COc1ccc(OCCCn2c(CN(C)C(=O)c3ccccn3)nc3ccccc32)cc1. The third-order valence-electron chi connectivity index (χ3n) is 5.20. The second kappa shape index (κ2) is 9.96. The van der Waals surface area contributed by atoms with E-state index in [-0.39, 0.29) is 5.91 Å². The Morgan fingerprint density at radius 2 is 1.75 bits per heavy atom. The van der Waals surface area contributed by atoms with Gasteiger partial charge in [0.25, 0.3) is 5.91 Å². The van der Waals surface area contributed by atoms with Crippen molar-refractivity contribution in [2.24, 2.45) is 0 Å². The third kappa shape index (κ3) is 4.88. The van der Waals surface area contributed by atoms with Crippen LogP contribution in [0.4, 0.5) is 0 Å². The van der Waals surface area contributed by atoms with E-state index in [1.54, 1.807) is 37.4 Å². The highest BCUT2D eigenvalue weighted by molar-refractivity contribution is 5.92. The van der Waals surface area contributed by atoms with Crippen LogP contribution in [0.5, 0.6) is 11.5 Å². The number of carbonyl (C=O) groups excluding carboxylic acids is 1. The van der Waals surface area contributed by atoms with E-state index in [0.717, 1.165) is 41.3 Å². The second-order valence-corrected chi connectivity index (χ2v) is 7.42. The summed E-state index contributed by atoms with van der Waals surface area (Å²) in [5, 5.41) is 0. The first kappa shape index (κ1) is 21.4. The number of pyridine rings is 1. The van der Waals surface area contributed by atoms with E-state index in [0.29, 0.717) is 18.8 Å². The molecule has 0 fully saturated rings. The van der Waals surface area contributed by atoms with Gasteiger partial charge in [0.1, 0.15) is 23.0 Å². The van der Waals surface area contributed by atoms with E-state index in [2.05, 4.69) is 15.6 Å². The van der Waals surface area contributed by atoms with E-state index < -0.39 is 0 Å². The van der Waals surface area contributed by atoms with Crippen LogP contribution >= 0.6 is 0 Å². The molecule has 0 N–H and O–H groups in total. The number of imidazole rings is 1. The first-order valence-electron chi connectivity index (χ1n) is 10.5. The predicted molar refractivity (Wildman–Crippen MR) is 123 cm³/mol. The summed E-state index contributed by atoms with van der Waals surface area (Å²) in [7, 11) is 3.41. The molecule has 0 bridgehead atoms. The van der Waals surface area contributed by atoms with Crippen molar-refractivity contribution < 1.29 is 14.3 Å². The molecule has 0 aliphatic rings. The minimum absolute atomic E-state index is 0.132. The Labute approximate surface area is 187 Å². The van der Waals surface area contributed by atoms with Crippen LogP contribution in [0.25, 0.3) is 11.0 Å². The molecule has 164 valence electrons. The first-order chi connectivity index (χ1) is 15.7. The Kier molecular flexibility index (Phi) is 6.65. The number of aromatic nitrogens is 3. The molecule has 4 aromatic rings. The molecule has 0 aliphatic heterocycles. The molecule has 0 atom stereocenters. The lowest BCUT2D eigenvalue weighted by Gasteiger charge is -2.18. The number of fused-ring (bicyclic) bond motifs is 1. The van der Waals surface area contributed by atoms with Crippen molar-refractivity contribution in [1.82, 2.24) is 19.4 Å². The summed E-state index contributed by atoms with van der Waals surface area (Å²) in [4.78, 5) is 23.3. The predicted octanol–water partition coefficient (Wildman–Crippen LogP) is 4.18. The molecule has 2 heterocycles. The minimum Gasteiger partial charge on any atom is -0.497 e. The van der Waals surface area contributed by atoms with E-state index in [9.17, 15) is 4.79 Å². The van der Waals surface area contributed by atoms with Gasteiger partial charge in [-0.15, -0.1) is 0 Å². The molecule has 0 unspecified atom stereocenters. The Hall–Kier alpha value is -3.87. The third-order valence-corrected chi connectivity index (χ3v) is 5.20. The zero-order valence-electron chi connectivity index (χ0n) is 18.3. The van der Waals surface area contributed by atoms with Gasteiger partial charge in [0, 0.05) is 19.8 Å². The topological polar surface area (TPSA) is 69.5 Å². The Balaban J connectivity index is 1.44. The standard InChI is InChI=1S/C25H26N4O3/c1-28(25(30)22-9-5-6-15-26-22)18-24-27-21-8-3-4-10-23(21)29(24)16-7-17-32-20-13-11-19(31-2)12-14-20/h3-6,8-15H,7,16-18H2,1-2H3. The highest BCUT2D eigenvalue weighted by Crippen LogP contribution is 2.20. The number of methoxy groups -OCH3 is 1. The minimum atomic E-state index is -0.132. The molecule has 0 radical (unpaired) electrons. The molecule has 1 amide bonds. The summed E-state index contributed by atoms with van der Waals surface area (Å²) in [6.07, 6.45) is 2.43. The number of aryl methyl sites for hydroxylation is 1. The van der Waals surface area contributed by atoms with E-state index in [1.807, 2.05) is 48.5 Å². The maximum Gasteiger partial charge on any atom is 0.272 e. The molecule has 0 spiro atoms. The monoisotopic (exact) mass is 430 g/mol. The molecular formula is C25H26N4O3. The van der Waals surface area contributed by atoms with Crippen LogP contribution in [0.15, 0.2) is 72.9 Å². The van der Waals surface area contributed by atoms with Gasteiger partial charge in [-0.1, -0.05) is 18.2 Å². The average Bonchev–Trinajstić information content (AvgIpc) is 3.19. The first-order valence-corrected chi connectivity index (χ1v) is 10.5. The largest absolute Gasteiger partial charge is 0.497 e. The van der Waals surface area contributed by atoms with Gasteiger partial charge in [0.05, 0.1) is 31.3 Å². The lowest BCUT2D eigenvalue weighted by atomic mass is 10.3. The van der Waals surface area contributed by atoms with Crippen molar-refractivity contribution in [3.05, 3.63) is 84.4 Å². The van der Waals surface area contributed by atoms with Crippen LogP contribution in [0.1, 0.15) is 22.7 Å². The van der Waals surface area contributed by atoms with E-state index in [4.69, 9.17) is 14.5 Å². The summed E-state index contributed by atoms with van der Waals surface area (Å²) in [5.41, 5.74) is 2.38. The van der Waals surface area contributed by atoms with Crippen molar-refractivity contribution >= 4 is 16.9 Å². The van der Waals surface area contributed by atoms with Gasteiger partial charge in [-0.3, -0.25) is 9.78 Å². The Bertz CT molecular complexity index is 1170. The molecule has 7 heteroatoms. The second-order valence-electron chi connectivity index (χ2n) is 7.42. The van der Waals surface area contributed by atoms with Crippen molar-refractivity contribution in [2.75, 3.05) is 20.8 Å². The van der Waals surface area contributed by atoms with Gasteiger partial charge in [-0.2, -0.15) is 0 Å². The number of benzene rings is 2. The number of amides is 1. The molecule has 0 saturated carbocycles. The van der Waals surface area contributed by atoms with Crippen LogP contribution in [0.3, 0.4) is 0 Å². The fraction of sp³-hybridized carbons (Fsp3) is 0.240. The fourth-order valence-corrected chi connectivity index (χ4v) is 3.55. The molecule has 32 heavy (non-hydrogen) atoms. The lowest BCUT2D eigenvalue weighted by molar-refractivity contribution is 0.0774. The Morgan fingerprint density at radius 3 is 2.50 bits per heavy atom. The molecule has 4 rings (SSSR count). The van der Waals surface area contributed by atoms with Crippen LogP contribution in [-0.4, -0.2) is 46.1 Å². The lowest BCUT2D eigenvalue weighted by Crippen LogP contribution is -2.28. The molecule has 2 aromatic carbocycles. The number of carbonyl (C=O) groups is 1. The van der Waals surface area contributed by atoms with E-state index >= 15 is 0 Å². The van der Waals surface area contributed by atoms with Crippen LogP contribution < -0.4 is 9.47 Å². The number of para-hydroxylation sites is 2. The summed E-state index contributed by atoms with van der Waals surface area (Å²) in [5.74, 6) is 2.31. The maximum absolute atomic E-state index is 12.7. The molecular weight excluding hydrogens is 404 g/mol. The van der Waals surface area contributed by atoms with Gasteiger partial charge in [-0.05, 0) is 55.0 Å². The summed E-state index contributed by atoms with van der Waals surface area (Å²) in [6, 6.07) is 20.9. The van der Waals surface area contributed by atoms with Gasteiger partial charge in [0.15, 0.2) is 0 Å². The van der Waals surface area contributed by atoms with Gasteiger partial charge < -0.3 is 18.9 Å². The van der Waals surface area contributed by atoms with Gasteiger partial charge >= 0.3 is 0 Å². The smallest absolute Gasteiger partial charge is 0.272 e. The van der Waals surface area contributed by atoms with Crippen LogP contribution in [0.2, 0.25) is 0 Å². The quantitative estimate of drug-likeness (QED) is 0.373. The van der Waals surface area contributed by atoms with Gasteiger partial charge in [0.2, 0.25) is 0 Å². The molecule has 0 aliphatic carbocycles. The molecule has 2 aromatic heterocycles. The number of hydrogen-bond donors (Lipinski definition) is 0. The molecule has 7 nitrogen and oxygen atoms in total. The van der Waals surface area contributed by atoms with Gasteiger partial charge in [-0.25, -0.2) is 4.98 Å². The summed E-state index contributed by atoms with van der Waals surface area (Å²) in [6.45, 7) is 1.70. The summed E-state index contributed by atoms with van der Waals surface area (Å²) < 4.78 is 13.2. The van der Waals surface area contributed by atoms with Crippen molar-refractivity contribution in [3.63, 3.8) is 0 Å². The number of hydrogen-bond acceptors (Lipinski definition) is 5. The summed E-state index contributed by atoms with van der Waals surface area (Å²) >= 11 is 0. The fourth-order valence-electron chi connectivity index (χ4n) is 3.55. The van der Waals surface area contributed by atoms with Crippen molar-refractivity contribution in [1.29, 1.82) is 0 Å². The zero-order valence-corrected chi connectivity index (χ0v) is 18.3. The number of nitrogens with zero attached hydrogens (tertiary/aromatic N) is 4. The molecule has 0 saturated heterocycles. The number of ether oxygens (including phenoxy) is 2. The number of rotatable bonds is 9. The van der Waals surface area contributed by atoms with Crippen LogP contribution in [0, 0.1) is 0 Å². The maximum atomic E-state index is 12.7. The zero-order chi connectivity index (χ0) is 22.3. The van der Waals surface area contributed by atoms with Crippen LogP contribution in [-0.2, 0) is 13.1 Å².